The van der Waals surface area contributed by atoms with Crippen LogP contribution in [0.4, 0.5) is 5.69 Å². The van der Waals surface area contributed by atoms with Gasteiger partial charge in [0.05, 0.1) is 17.7 Å². The molecule has 1 aliphatic carbocycles. The van der Waals surface area contributed by atoms with Gasteiger partial charge < -0.3 is 0 Å². The minimum atomic E-state index is 0.0407. The molecule has 0 spiro atoms. The number of nitriles is 1. The second-order valence-corrected chi connectivity index (χ2v) is 3.87. The Kier molecular flexibility index (Phi) is 3.14. The van der Waals surface area contributed by atoms with E-state index in [1.807, 2.05) is 30.3 Å². The van der Waals surface area contributed by atoms with Crippen molar-refractivity contribution in [2.75, 3.05) is 0 Å². The van der Waals surface area contributed by atoms with Crippen molar-refractivity contribution in [3.8, 4) is 6.07 Å². The summed E-state index contributed by atoms with van der Waals surface area (Å²) in [7, 11) is 0. The van der Waals surface area contributed by atoms with Gasteiger partial charge in [-0.25, -0.2) is 0 Å². The number of hydrogen-bond donors (Lipinski definition) is 0. The maximum Gasteiger partial charge on any atom is 0.0845 e. The van der Waals surface area contributed by atoms with Gasteiger partial charge in [-0.05, 0) is 31.4 Å². The Bertz CT molecular complexity index is 387. The van der Waals surface area contributed by atoms with Gasteiger partial charge in [-0.3, -0.25) is 4.99 Å². The molecular formula is C13H14N2. The molecule has 1 aromatic carbocycles. The van der Waals surface area contributed by atoms with Crippen molar-refractivity contribution >= 4 is 11.4 Å². The SMILES string of the molecule is N#CC1CCCC/C1=N/c1ccccc1. The van der Waals surface area contributed by atoms with E-state index in [2.05, 4.69) is 11.1 Å². The fourth-order valence-electron chi connectivity index (χ4n) is 1.94. The quantitative estimate of drug-likeness (QED) is 0.680. The second kappa shape index (κ2) is 4.75. The van der Waals surface area contributed by atoms with Crippen molar-refractivity contribution in [2.24, 2.45) is 10.9 Å². The minimum Gasteiger partial charge on any atom is -0.256 e. The molecule has 1 atom stereocenters. The fourth-order valence-corrected chi connectivity index (χ4v) is 1.94. The van der Waals surface area contributed by atoms with E-state index in [9.17, 15) is 0 Å². The molecule has 0 heterocycles. The zero-order chi connectivity index (χ0) is 10.5. The van der Waals surface area contributed by atoms with Gasteiger partial charge in [0.1, 0.15) is 0 Å². The van der Waals surface area contributed by atoms with Crippen molar-refractivity contribution in [3.05, 3.63) is 30.3 Å². The van der Waals surface area contributed by atoms with Crippen LogP contribution < -0.4 is 0 Å². The first-order valence-corrected chi connectivity index (χ1v) is 5.42. The lowest BCUT2D eigenvalue weighted by molar-refractivity contribution is 0.601. The van der Waals surface area contributed by atoms with Crippen molar-refractivity contribution in [2.45, 2.75) is 25.7 Å². The molecule has 1 aliphatic rings. The van der Waals surface area contributed by atoms with E-state index in [4.69, 9.17) is 5.26 Å². The van der Waals surface area contributed by atoms with Crippen LogP contribution in [0.25, 0.3) is 0 Å². The molecule has 2 nitrogen and oxygen atoms in total. The zero-order valence-electron chi connectivity index (χ0n) is 8.69. The predicted octanol–water partition coefficient (Wildman–Crippen LogP) is 3.47. The van der Waals surface area contributed by atoms with Crippen molar-refractivity contribution in [3.63, 3.8) is 0 Å². The van der Waals surface area contributed by atoms with Crippen LogP contribution in [0.15, 0.2) is 35.3 Å². The Labute approximate surface area is 90.3 Å². The molecule has 0 amide bonds. The summed E-state index contributed by atoms with van der Waals surface area (Å²) >= 11 is 0. The molecule has 0 aromatic heterocycles. The lowest BCUT2D eigenvalue weighted by atomic mass is 9.88. The van der Waals surface area contributed by atoms with Crippen molar-refractivity contribution in [1.82, 2.24) is 0 Å². The normalized spacial score (nSPS) is 23.7. The Morgan fingerprint density at radius 1 is 1.20 bits per heavy atom. The Morgan fingerprint density at radius 3 is 2.73 bits per heavy atom. The third-order valence-electron chi connectivity index (χ3n) is 2.76. The van der Waals surface area contributed by atoms with Crippen LogP contribution >= 0.6 is 0 Å². The third kappa shape index (κ3) is 2.44. The molecule has 2 heteroatoms. The second-order valence-electron chi connectivity index (χ2n) is 3.87. The smallest absolute Gasteiger partial charge is 0.0845 e. The average molecular weight is 198 g/mol. The highest BCUT2D eigenvalue weighted by atomic mass is 14.8. The van der Waals surface area contributed by atoms with Crippen LogP contribution in [0.1, 0.15) is 25.7 Å². The van der Waals surface area contributed by atoms with E-state index in [0.717, 1.165) is 30.7 Å². The molecule has 15 heavy (non-hydrogen) atoms. The van der Waals surface area contributed by atoms with Gasteiger partial charge in [0, 0.05) is 5.71 Å². The summed E-state index contributed by atoms with van der Waals surface area (Å²) in [5, 5.41) is 9.01. The lowest BCUT2D eigenvalue weighted by Crippen LogP contribution is -2.17. The van der Waals surface area contributed by atoms with E-state index >= 15 is 0 Å². The monoisotopic (exact) mass is 198 g/mol. The van der Waals surface area contributed by atoms with E-state index in [-0.39, 0.29) is 5.92 Å². The van der Waals surface area contributed by atoms with Crippen LogP contribution in [-0.2, 0) is 0 Å². The highest BCUT2D eigenvalue weighted by Gasteiger charge is 2.19. The van der Waals surface area contributed by atoms with Gasteiger partial charge in [0.2, 0.25) is 0 Å². The number of para-hydroxylation sites is 1. The van der Waals surface area contributed by atoms with Gasteiger partial charge >= 0.3 is 0 Å². The molecule has 0 saturated heterocycles. The summed E-state index contributed by atoms with van der Waals surface area (Å²) in [6, 6.07) is 12.2. The van der Waals surface area contributed by atoms with Gasteiger partial charge in [-0.15, -0.1) is 0 Å². The maximum atomic E-state index is 9.01. The summed E-state index contributed by atoms with van der Waals surface area (Å²) in [5.41, 5.74) is 2.03. The summed E-state index contributed by atoms with van der Waals surface area (Å²) in [5.74, 6) is 0.0407. The van der Waals surface area contributed by atoms with Crippen LogP contribution in [0.3, 0.4) is 0 Å². The highest BCUT2D eigenvalue weighted by molar-refractivity contribution is 5.91. The molecule has 76 valence electrons. The number of nitrogens with zero attached hydrogens (tertiary/aromatic N) is 2. The fraction of sp³-hybridized carbons (Fsp3) is 0.385. The average Bonchev–Trinajstić information content (AvgIpc) is 2.31. The van der Waals surface area contributed by atoms with Gasteiger partial charge in [0.25, 0.3) is 0 Å². The first-order chi connectivity index (χ1) is 7.40. The molecule has 1 aromatic rings. The van der Waals surface area contributed by atoms with E-state index in [0.29, 0.717) is 0 Å². The number of hydrogen-bond acceptors (Lipinski definition) is 2. The van der Waals surface area contributed by atoms with E-state index in [1.54, 1.807) is 0 Å². The molecule has 0 N–H and O–H groups in total. The molecule has 0 aliphatic heterocycles. The Hall–Kier alpha value is -1.62. The van der Waals surface area contributed by atoms with Gasteiger partial charge in [-0.2, -0.15) is 5.26 Å². The molecule has 0 radical (unpaired) electrons. The summed E-state index contributed by atoms with van der Waals surface area (Å²) in [6.45, 7) is 0. The maximum absolute atomic E-state index is 9.01. The number of benzene rings is 1. The summed E-state index contributed by atoms with van der Waals surface area (Å²) in [6.07, 6.45) is 4.28. The Morgan fingerprint density at radius 2 is 2.00 bits per heavy atom. The highest BCUT2D eigenvalue weighted by Crippen LogP contribution is 2.24. The topological polar surface area (TPSA) is 36.1 Å². The van der Waals surface area contributed by atoms with Crippen LogP contribution in [0, 0.1) is 17.2 Å². The minimum absolute atomic E-state index is 0.0407. The van der Waals surface area contributed by atoms with Gasteiger partial charge in [0.15, 0.2) is 0 Å². The largest absolute Gasteiger partial charge is 0.256 e. The standard InChI is InChI=1S/C13H14N2/c14-10-11-6-4-5-9-13(11)15-12-7-2-1-3-8-12/h1-3,7-8,11H,4-6,9H2/b15-13-. The lowest BCUT2D eigenvalue weighted by Gasteiger charge is -2.17. The van der Waals surface area contributed by atoms with Crippen LogP contribution in [0.5, 0.6) is 0 Å². The Balaban J connectivity index is 2.22. The van der Waals surface area contributed by atoms with Crippen LogP contribution in [0.2, 0.25) is 0 Å². The van der Waals surface area contributed by atoms with Crippen molar-refractivity contribution < 1.29 is 0 Å². The summed E-state index contributed by atoms with van der Waals surface area (Å²) in [4.78, 5) is 4.56. The van der Waals surface area contributed by atoms with Gasteiger partial charge in [-0.1, -0.05) is 24.6 Å². The predicted molar refractivity (Wildman–Crippen MR) is 61.1 cm³/mol. The molecule has 1 unspecified atom stereocenters. The first-order valence-electron chi connectivity index (χ1n) is 5.42. The number of rotatable bonds is 1. The number of aliphatic imine (C=N–C) groups is 1. The zero-order valence-corrected chi connectivity index (χ0v) is 8.69. The molecular weight excluding hydrogens is 184 g/mol. The van der Waals surface area contributed by atoms with E-state index < -0.39 is 0 Å². The summed E-state index contributed by atoms with van der Waals surface area (Å²) < 4.78 is 0. The van der Waals surface area contributed by atoms with E-state index in [1.165, 1.54) is 6.42 Å². The molecule has 2 rings (SSSR count). The van der Waals surface area contributed by atoms with Crippen molar-refractivity contribution in [1.29, 1.82) is 5.26 Å². The first kappa shape index (κ1) is 9.92. The molecule has 1 fully saturated rings. The van der Waals surface area contributed by atoms with Crippen LogP contribution in [-0.4, -0.2) is 5.71 Å². The molecule has 1 saturated carbocycles. The molecule has 0 bridgehead atoms. The third-order valence-corrected chi connectivity index (χ3v) is 2.76.